The molecule has 0 atom stereocenters. The first-order valence-electron chi connectivity index (χ1n) is 3.94. The van der Waals surface area contributed by atoms with E-state index in [0.29, 0.717) is 0 Å². The molecule has 0 radical (unpaired) electrons. The second-order valence-electron chi connectivity index (χ2n) is 2.69. The summed E-state index contributed by atoms with van der Waals surface area (Å²) in [7, 11) is 0. The Morgan fingerprint density at radius 3 is 2.85 bits per heavy atom. The van der Waals surface area contributed by atoms with Gasteiger partial charge in [-0.2, -0.15) is 0 Å². The van der Waals surface area contributed by atoms with Gasteiger partial charge in [0.05, 0.1) is 11.0 Å². The maximum absolute atomic E-state index is 4.38. The van der Waals surface area contributed by atoms with Gasteiger partial charge in [0.2, 0.25) is 0 Å². The molecule has 0 unspecified atom stereocenters. The van der Waals surface area contributed by atoms with Crippen LogP contribution in [0.3, 0.4) is 0 Å². The van der Waals surface area contributed by atoms with Gasteiger partial charge in [0, 0.05) is 6.42 Å². The van der Waals surface area contributed by atoms with E-state index in [2.05, 4.69) is 16.5 Å². The highest BCUT2D eigenvalue weighted by Crippen LogP contribution is 2.10. The summed E-state index contributed by atoms with van der Waals surface area (Å²) in [6.07, 6.45) is 2.65. The number of hydrogen-bond acceptors (Lipinski definition) is 1. The molecule has 0 aliphatic heterocycles. The van der Waals surface area contributed by atoms with Crippen molar-refractivity contribution >= 4 is 23.4 Å². The van der Waals surface area contributed by atoms with Gasteiger partial charge in [0.15, 0.2) is 0 Å². The van der Waals surface area contributed by atoms with Crippen LogP contribution in [0.4, 0.5) is 0 Å². The quantitative estimate of drug-likeness (QED) is 0.732. The lowest BCUT2D eigenvalue weighted by atomic mass is 10.3. The Morgan fingerprint density at radius 2 is 2.15 bits per heavy atom. The molecule has 0 spiro atoms. The van der Waals surface area contributed by atoms with Crippen molar-refractivity contribution in [1.82, 2.24) is 9.97 Å². The van der Waals surface area contributed by atoms with Crippen molar-refractivity contribution in [3.63, 3.8) is 0 Å². The molecule has 13 heavy (non-hydrogen) atoms. The zero-order valence-corrected chi connectivity index (χ0v) is 7.97. The Morgan fingerprint density at radius 1 is 1.38 bits per heavy atom. The van der Waals surface area contributed by atoms with Crippen LogP contribution < -0.4 is 0 Å². The number of fused-ring (bicyclic) bond motifs is 1. The van der Waals surface area contributed by atoms with Gasteiger partial charge >= 0.3 is 0 Å². The van der Waals surface area contributed by atoms with Crippen LogP contribution in [-0.2, 0) is 6.42 Å². The summed E-state index contributed by atoms with van der Waals surface area (Å²) in [6, 6.07) is 8.01. The van der Waals surface area contributed by atoms with E-state index in [1.807, 2.05) is 30.3 Å². The molecule has 0 saturated carbocycles. The summed E-state index contributed by atoms with van der Waals surface area (Å²) in [4.78, 5) is 7.59. The minimum Gasteiger partial charge on any atom is -0.342 e. The zero-order chi connectivity index (χ0) is 8.39. The van der Waals surface area contributed by atoms with E-state index in [9.17, 15) is 0 Å². The fourth-order valence-electron chi connectivity index (χ4n) is 1.24. The minimum atomic E-state index is 0. The van der Waals surface area contributed by atoms with Gasteiger partial charge in [-0.15, -0.1) is 19.0 Å². The number of nitrogens with zero attached hydrogens (tertiary/aromatic N) is 1. The fourth-order valence-corrected chi connectivity index (χ4v) is 1.24. The summed E-state index contributed by atoms with van der Waals surface area (Å²) in [6.45, 7) is 3.67. The number of aromatic amines is 1. The monoisotopic (exact) mass is 194 g/mol. The molecule has 68 valence electrons. The number of imidazole rings is 1. The van der Waals surface area contributed by atoms with Crippen molar-refractivity contribution in [2.24, 2.45) is 0 Å². The van der Waals surface area contributed by atoms with Crippen LogP contribution in [-0.4, -0.2) is 9.97 Å². The van der Waals surface area contributed by atoms with Gasteiger partial charge in [-0.1, -0.05) is 18.2 Å². The summed E-state index contributed by atoms with van der Waals surface area (Å²) in [5, 5.41) is 0. The molecule has 2 rings (SSSR count). The number of benzene rings is 1. The summed E-state index contributed by atoms with van der Waals surface area (Å²) < 4.78 is 0. The Hall–Kier alpha value is -1.28. The molecule has 2 aromatic rings. The molecular formula is C10H11ClN2. The second kappa shape index (κ2) is 4.10. The molecule has 1 heterocycles. The third-order valence-electron chi connectivity index (χ3n) is 1.78. The number of H-pyrrole nitrogens is 1. The molecule has 0 saturated heterocycles. The highest BCUT2D eigenvalue weighted by atomic mass is 35.5. The summed E-state index contributed by atoms with van der Waals surface area (Å²) in [5.74, 6) is 0.978. The average molecular weight is 195 g/mol. The number of halogens is 1. The van der Waals surface area contributed by atoms with Crippen molar-refractivity contribution in [1.29, 1.82) is 0 Å². The zero-order valence-electron chi connectivity index (χ0n) is 7.16. The van der Waals surface area contributed by atoms with Gasteiger partial charge < -0.3 is 4.98 Å². The normalized spacial score (nSPS) is 9.54. The molecule has 1 N–H and O–H groups in total. The number of allylic oxidation sites excluding steroid dienone is 1. The molecule has 0 amide bonds. The maximum Gasteiger partial charge on any atom is 0.111 e. The number of para-hydroxylation sites is 2. The standard InChI is InChI=1S/C10H10N2.ClH/c1-2-5-10-11-8-6-3-4-7-9(8)12-10;/h2-4,6-7H,1,5H2,(H,11,12);1H. The molecule has 0 fully saturated rings. The van der Waals surface area contributed by atoms with Crippen LogP contribution in [0.1, 0.15) is 5.82 Å². The number of nitrogens with one attached hydrogen (secondary N) is 1. The summed E-state index contributed by atoms with van der Waals surface area (Å²) >= 11 is 0. The highest BCUT2D eigenvalue weighted by molar-refractivity contribution is 5.85. The number of rotatable bonds is 2. The molecular weight excluding hydrogens is 184 g/mol. The van der Waals surface area contributed by atoms with Gasteiger partial charge in [-0.3, -0.25) is 0 Å². The van der Waals surface area contributed by atoms with Gasteiger partial charge in [-0.25, -0.2) is 4.98 Å². The largest absolute Gasteiger partial charge is 0.342 e. The molecule has 0 bridgehead atoms. The Kier molecular flexibility index (Phi) is 3.09. The van der Waals surface area contributed by atoms with Crippen molar-refractivity contribution in [2.45, 2.75) is 6.42 Å². The SMILES string of the molecule is C=CCc1nc2ccccc2[nH]1.Cl. The molecule has 1 aromatic heterocycles. The average Bonchev–Trinajstić information content (AvgIpc) is 2.47. The van der Waals surface area contributed by atoms with Crippen molar-refractivity contribution in [3.8, 4) is 0 Å². The predicted molar refractivity (Wildman–Crippen MR) is 57.2 cm³/mol. The van der Waals surface area contributed by atoms with Crippen LogP contribution in [0.15, 0.2) is 36.9 Å². The van der Waals surface area contributed by atoms with E-state index < -0.39 is 0 Å². The predicted octanol–water partition coefficient (Wildman–Crippen LogP) is 2.71. The van der Waals surface area contributed by atoms with Crippen LogP contribution in [0.2, 0.25) is 0 Å². The van der Waals surface area contributed by atoms with Crippen LogP contribution in [0.25, 0.3) is 11.0 Å². The molecule has 2 nitrogen and oxygen atoms in total. The van der Waals surface area contributed by atoms with E-state index in [4.69, 9.17) is 0 Å². The first kappa shape index (κ1) is 9.81. The van der Waals surface area contributed by atoms with Crippen molar-refractivity contribution in [2.75, 3.05) is 0 Å². The maximum atomic E-state index is 4.38. The Balaban J connectivity index is 0.000000845. The molecule has 3 heteroatoms. The fraction of sp³-hybridized carbons (Fsp3) is 0.100. The first-order valence-corrected chi connectivity index (χ1v) is 3.94. The molecule has 0 aliphatic carbocycles. The summed E-state index contributed by atoms with van der Waals surface area (Å²) in [5.41, 5.74) is 2.11. The van der Waals surface area contributed by atoms with Gasteiger partial charge in [0.25, 0.3) is 0 Å². The smallest absolute Gasteiger partial charge is 0.111 e. The van der Waals surface area contributed by atoms with Gasteiger partial charge in [0.1, 0.15) is 5.82 Å². The Bertz CT molecular complexity index is 373. The molecule has 0 aliphatic rings. The van der Waals surface area contributed by atoms with Crippen molar-refractivity contribution in [3.05, 3.63) is 42.7 Å². The van der Waals surface area contributed by atoms with Crippen LogP contribution in [0, 0.1) is 0 Å². The van der Waals surface area contributed by atoms with Crippen LogP contribution in [0.5, 0.6) is 0 Å². The lowest BCUT2D eigenvalue weighted by Crippen LogP contribution is -1.81. The number of hydrogen-bond donors (Lipinski definition) is 1. The van der Waals surface area contributed by atoms with Gasteiger partial charge in [-0.05, 0) is 12.1 Å². The topological polar surface area (TPSA) is 28.7 Å². The third kappa shape index (κ3) is 1.90. The van der Waals surface area contributed by atoms with E-state index in [0.717, 1.165) is 23.3 Å². The van der Waals surface area contributed by atoms with Crippen molar-refractivity contribution < 1.29 is 0 Å². The molecule has 1 aromatic carbocycles. The lowest BCUT2D eigenvalue weighted by Gasteiger charge is -1.83. The number of aromatic nitrogens is 2. The lowest BCUT2D eigenvalue weighted by molar-refractivity contribution is 1.07. The third-order valence-corrected chi connectivity index (χ3v) is 1.78. The second-order valence-corrected chi connectivity index (χ2v) is 2.69. The minimum absolute atomic E-state index is 0. The first-order chi connectivity index (χ1) is 5.90. The van der Waals surface area contributed by atoms with Crippen LogP contribution >= 0.6 is 12.4 Å². The van der Waals surface area contributed by atoms with E-state index >= 15 is 0 Å². The highest BCUT2D eigenvalue weighted by Gasteiger charge is 1.97. The van der Waals surface area contributed by atoms with E-state index in [1.54, 1.807) is 0 Å². The van der Waals surface area contributed by atoms with E-state index in [1.165, 1.54) is 0 Å². The van der Waals surface area contributed by atoms with E-state index in [-0.39, 0.29) is 12.4 Å². The Labute approximate surface area is 83.1 Å².